The average molecular weight is 464 g/mol. The Morgan fingerprint density at radius 3 is 2.71 bits per heavy atom. The zero-order valence-electron chi connectivity index (χ0n) is 15.1. The molecule has 0 fully saturated rings. The van der Waals surface area contributed by atoms with E-state index in [0.717, 1.165) is 14.3 Å². The van der Waals surface area contributed by atoms with Gasteiger partial charge in [-0.3, -0.25) is 4.79 Å². The molecule has 0 spiro atoms. The molecule has 1 heterocycles. The molecule has 1 atom stereocenters. The molecule has 146 valence electrons. The van der Waals surface area contributed by atoms with Crippen molar-refractivity contribution in [3.8, 4) is 11.8 Å². The molecule has 9 heteroatoms. The minimum atomic E-state index is -3.84. The molecule has 0 aromatic heterocycles. The molecule has 2 aromatic carbocycles. The predicted molar refractivity (Wildman–Crippen MR) is 106 cm³/mol. The molecule has 0 bridgehead atoms. The van der Waals surface area contributed by atoms with E-state index < -0.39 is 15.9 Å². The van der Waals surface area contributed by atoms with E-state index in [1.54, 1.807) is 0 Å². The molecule has 28 heavy (non-hydrogen) atoms. The van der Waals surface area contributed by atoms with Gasteiger partial charge in [-0.25, -0.2) is 8.42 Å². The summed E-state index contributed by atoms with van der Waals surface area (Å²) in [6, 6.07) is 12.8. The van der Waals surface area contributed by atoms with Gasteiger partial charge in [0.25, 0.3) is 0 Å². The van der Waals surface area contributed by atoms with E-state index in [4.69, 9.17) is 10.00 Å². The Kier molecular flexibility index (Phi) is 6.03. The van der Waals surface area contributed by atoms with Gasteiger partial charge in [-0.2, -0.15) is 9.57 Å². The first-order chi connectivity index (χ1) is 13.3. The molecule has 1 amide bonds. The largest absolute Gasteiger partial charge is 0.493 e. The van der Waals surface area contributed by atoms with Crippen LogP contribution in [0.1, 0.15) is 23.6 Å². The molecule has 1 N–H and O–H groups in total. The minimum Gasteiger partial charge on any atom is -0.493 e. The van der Waals surface area contributed by atoms with Crippen LogP contribution in [0.3, 0.4) is 0 Å². The maximum atomic E-state index is 12.6. The van der Waals surface area contributed by atoms with Crippen LogP contribution in [-0.2, 0) is 14.8 Å². The van der Waals surface area contributed by atoms with Gasteiger partial charge < -0.3 is 10.1 Å². The number of hydrogen-bond acceptors (Lipinski definition) is 5. The number of benzene rings is 2. The van der Waals surface area contributed by atoms with Crippen LogP contribution in [0.5, 0.6) is 5.75 Å². The van der Waals surface area contributed by atoms with E-state index in [1.165, 1.54) is 31.3 Å². The van der Waals surface area contributed by atoms with E-state index in [0.29, 0.717) is 24.3 Å². The fourth-order valence-electron chi connectivity index (χ4n) is 2.92. The van der Waals surface area contributed by atoms with Crippen LogP contribution >= 0.6 is 15.9 Å². The molecule has 7 nitrogen and oxygen atoms in total. The fourth-order valence-corrected chi connectivity index (χ4v) is 4.43. The number of nitriles is 1. The highest BCUT2D eigenvalue weighted by Gasteiger charge is 2.27. The number of nitrogens with zero attached hydrogens (tertiary/aromatic N) is 2. The van der Waals surface area contributed by atoms with Crippen LogP contribution in [0, 0.1) is 11.3 Å². The second-order valence-corrected chi connectivity index (χ2v) is 9.30. The number of likely N-dealkylation sites (N-methyl/N-ethyl adjacent to an activating group) is 1. The molecule has 0 radical (unpaired) electrons. The van der Waals surface area contributed by atoms with Crippen molar-refractivity contribution in [1.82, 2.24) is 9.62 Å². The smallest absolute Gasteiger partial charge is 0.243 e. The molecule has 1 aliphatic rings. The van der Waals surface area contributed by atoms with Gasteiger partial charge in [-0.1, -0.05) is 15.9 Å². The summed E-state index contributed by atoms with van der Waals surface area (Å²) in [7, 11) is -2.49. The third-order valence-corrected chi connectivity index (χ3v) is 6.72. The lowest BCUT2D eigenvalue weighted by Gasteiger charge is -2.27. The highest BCUT2D eigenvalue weighted by Crippen LogP contribution is 2.34. The highest BCUT2D eigenvalue weighted by atomic mass is 79.9. The van der Waals surface area contributed by atoms with E-state index in [2.05, 4.69) is 21.2 Å². The Hall–Kier alpha value is -2.41. The first kappa shape index (κ1) is 20.3. The number of amides is 1. The van der Waals surface area contributed by atoms with Crippen molar-refractivity contribution < 1.29 is 17.9 Å². The lowest BCUT2D eigenvalue weighted by molar-refractivity contribution is -0.122. The molecule has 3 rings (SSSR count). The van der Waals surface area contributed by atoms with Crippen molar-refractivity contribution in [2.45, 2.75) is 17.4 Å². The Labute approximate surface area is 172 Å². The van der Waals surface area contributed by atoms with Crippen LogP contribution in [0.15, 0.2) is 51.8 Å². The summed E-state index contributed by atoms with van der Waals surface area (Å²) in [5.74, 6) is 0.302. The second-order valence-electron chi connectivity index (χ2n) is 6.34. The Morgan fingerprint density at radius 2 is 2.04 bits per heavy atom. The topological polar surface area (TPSA) is 99.5 Å². The van der Waals surface area contributed by atoms with E-state index >= 15 is 0 Å². The number of nitrogens with one attached hydrogen (secondary N) is 1. The number of ether oxygens (including phenoxy) is 1. The summed E-state index contributed by atoms with van der Waals surface area (Å²) in [6.45, 7) is 0.155. The van der Waals surface area contributed by atoms with E-state index in [9.17, 15) is 13.2 Å². The molecular formula is C19H18BrN3O4S. The lowest BCUT2D eigenvalue weighted by atomic mass is 10.0. The molecular weight excluding hydrogens is 446 g/mol. The maximum Gasteiger partial charge on any atom is 0.243 e. The number of fused-ring (bicyclic) bond motifs is 1. The van der Waals surface area contributed by atoms with Gasteiger partial charge in [0, 0.05) is 23.5 Å². The van der Waals surface area contributed by atoms with Crippen molar-refractivity contribution in [3.05, 3.63) is 58.1 Å². The van der Waals surface area contributed by atoms with Gasteiger partial charge in [-0.05, 0) is 42.5 Å². The molecule has 1 aliphatic heterocycles. The molecule has 0 saturated heterocycles. The Balaban J connectivity index is 1.69. The minimum absolute atomic E-state index is 0.0298. The highest BCUT2D eigenvalue weighted by molar-refractivity contribution is 9.10. The summed E-state index contributed by atoms with van der Waals surface area (Å²) in [5.41, 5.74) is 1.22. The number of rotatable bonds is 5. The van der Waals surface area contributed by atoms with Crippen molar-refractivity contribution >= 4 is 31.9 Å². The monoisotopic (exact) mass is 463 g/mol. The van der Waals surface area contributed by atoms with E-state index in [1.807, 2.05) is 24.3 Å². The van der Waals surface area contributed by atoms with E-state index in [-0.39, 0.29) is 17.5 Å². The summed E-state index contributed by atoms with van der Waals surface area (Å²) >= 11 is 3.41. The Bertz CT molecular complexity index is 1030. The van der Waals surface area contributed by atoms with Crippen molar-refractivity contribution in [1.29, 1.82) is 5.26 Å². The number of sulfonamides is 1. The summed E-state index contributed by atoms with van der Waals surface area (Å²) in [6.07, 6.45) is 0.598. The van der Waals surface area contributed by atoms with Crippen LogP contribution in [0.25, 0.3) is 0 Å². The van der Waals surface area contributed by atoms with Gasteiger partial charge in [-0.15, -0.1) is 0 Å². The SMILES string of the molecule is CN(CC(=O)NC1CCOc2ccc(Br)cc21)S(=O)(=O)c1ccc(C#N)cc1. The van der Waals surface area contributed by atoms with Crippen LogP contribution in [0.2, 0.25) is 0 Å². The van der Waals surface area contributed by atoms with Gasteiger partial charge >= 0.3 is 0 Å². The van der Waals surface area contributed by atoms with Crippen molar-refractivity contribution in [2.75, 3.05) is 20.2 Å². The summed E-state index contributed by atoms with van der Waals surface area (Å²) < 4.78 is 32.7. The standard InChI is InChI=1S/C19H18BrN3O4S/c1-23(28(25,26)15-5-2-13(11-21)3-6-15)12-19(24)22-17-8-9-27-18-7-4-14(20)10-16(17)18/h2-7,10,17H,8-9,12H2,1H3,(H,22,24). The number of carbonyl (C=O) groups excluding carboxylic acids is 1. The third kappa shape index (κ3) is 4.35. The Morgan fingerprint density at radius 1 is 1.32 bits per heavy atom. The average Bonchev–Trinajstić information content (AvgIpc) is 2.68. The molecule has 2 aromatic rings. The van der Waals surface area contributed by atoms with Gasteiger partial charge in [0.05, 0.1) is 35.7 Å². The number of carbonyl (C=O) groups is 1. The van der Waals surface area contributed by atoms with Crippen LogP contribution in [-0.4, -0.2) is 38.8 Å². The number of halogens is 1. The number of hydrogen-bond donors (Lipinski definition) is 1. The first-order valence-electron chi connectivity index (χ1n) is 8.49. The second kappa shape index (κ2) is 8.31. The molecule has 0 aliphatic carbocycles. The molecule has 0 saturated carbocycles. The van der Waals surface area contributed by atoms with Gasteiger partial charge in [0.2, 0.25) is 15.9 Å². The first-order valence-corrected chi connectivity index (χ1v) is 10.7. The fraction of sp³-hybridized carbons (Fsp3) is 0.263. The summed E-state index contributed by atoms with van der Waals surface area (Å²) in [4.78, 5) is 12.5. The van der Waals surface area contributed by atoms with Gasteiger partial charge in [0.1, 0.15) is 5.75 Å². The third-order valence-electron chi connectivity index (χ3n) is 4.40. The lowest BCUT2D eigenvalue weighted by Crippen LogP contribution is -2.40. The zero-order valence-corrected chi connectivity index (χ0v) is 17.5. The zero-order chi connectivity index (χ0) is 20.3. The summed E-state index contributed by atoms with van der Waals surface area (Å²) in [5, 5.41) is 11.7. The maximum absolute atomic E-state index is 12.6. The van der Waals surface area contributed by atoms with Crippen molar-refractivity contribution in [2.24, 2.45) is 0 Å². The normalized spacial score (nSPS) is 16.0. The van der Waals surface area contributed by atoms with Crippen molar-refractivity contribution in [3.63, 3.8) is 0 Å². The van der Waals surface area contributed by atoms with Gasteiger partial charge in [0.15, 0.2) is 0 Å². The quantitative estimate of drug-likeness (QED) is 0.734. The predicted octanol–water partition coefficient (Wildman–Crippen LogP) is 2.58. The van der Waals surface area contributed by atoms with Crippen LogP contribution in [0.4, 0.5) is 0 Å². The van der Waals surface area contributed by atoms with Crippen LogP contribution < -0.4 is 10.1 Å². The molecule has 1 unspecified atom stereocenters.